The minimum Gasteiger partial charge on any atom is -0.369 e. The summed E-state index contributed by atoms with van der Waals surface area (Å²) in [5.74, 6) is -0.684. The number of benzene rings is 1. The van der Waals surface area contributed by atoms with Gasteiger partial charge in [0.25, 0.3) is 0 Å². The van der Waals surface area contributed by atoms with Crippen molar-refractivity contribution in [2.24, 2.45) is 5.73 Å². The predicted molar refractivity (Wildman–Crippen MR) is 111 cm³/mol. The zero-order valence-electron chi connectivity index (χ0n) is 17.4. The molecule has 0 unspecified atom stereocenters. The van der Waals surface area contributed by atoms with Gasteiger partial charge in [-0.15, -0.1) is 0 Å². The van der Waals surface area contributed by atoms with Crippen molar-refractivity contribution in [3.63, 3.8) is 0 Å². The molecule has 1 aromatic rings. The predicted octanol–water partition coefficient (Wildman–Crippen LogP) is 2.22. The molecule has 0 fully saturated rings. The van der Waals surface area contributed by atoms with Crippen molar-refractivity contribution in [1.82, 2.24) is 10.6 Å². The normalized spacial score (nSPS) is 21.6. The van der Waals surface area contributed by atoms with E-state index in [1.165, 1.54) is 19.1 Å². The minimum atomic E-state index is -0.462. The SMILES string of the molecule is CCC(CC)O[C@@H]1C=C(C(=O)NCCc2cccc(F)c2)C[C@H](N)[C@H]1NC(C)=O. The van der Waals surface area contributed by atoms with Crippen molar-refractivity contribution in [3.8, 4) is 0 Å². The maximum Gasteiger partial charge on any atom is 0.247 e. The van der Waals surface area contributed by atoms with Gasteiger partial charge in [-0.05, 0) is 49.5 Å². The average molecular weight is 406 g/mol. The lowest BCUT2D eigenvalue weighted by Crippen LogP contribution is -2.57. The number of carbonyl (C=O) groups excluding carboxylic acids is 2. The van der Waals surface area contributed by atoms with Crippen molar-refractivity contribution >= 4 is 11.8 Å². The Morgan fingerprint density at radius 2 is 2.03 bits per heavy atom. The van der Waals surface area contributed by atoms with Crippen molar-refractivity contribution in [2.45, 2.75) is 70.7 Å². The molecule has 0 aromatic heterocycles. The second-order valence-corrected chi connectivity index (χ2v) is 7.46. The monoisotopic (exact) mass is 405 g/mol. The maximum atomic E-state index is 13.3. The zero-order valence-corrected chi connectivity index (χ0v) is 17.4. The molecule has 1 aliphatic rings. The highest BCUT2D eigenvalue weighted by atomic mass is 19.1. The smallest absolute Gasteiger partial charge is 0.247 e. The first kappa shape index (κ1) is 23.0. The molecule has 7 heteroatoms. The number of carbonyl (C=O) groups is 2. The van der Waals surface area contributed by atoms with E-state index in [0.717, 1.165) is 18.4 Å². The Hall–Kier alpha value is -2.25. The Bertz CT molecular complexity index is 734. The summed E-state index contributed by atoms with van der Waals surface area (Å²) in [4.78, 5) is 24.2. The molecule has 0 bridgehead atoms. The van der Waals surface area contributed by atoms with Gasteiger partial charge in [0.05, 0.1) is 18.2 Å². The van der Waals surface area contributed by atoms with E-state index < -0.39 is 12.1 Å². The van der Waals surface area contributed by atoms with Gasteiger partial charge in [0.1, 0.15) is 5.82 Å². The van der Waals surface area contributed by atoms with Gasteiger partial charge in [-0.1, -0.05) is 26.0 Å². The highest BCUT2D eigenvalue weighted by molar-refractivity contribution is 5.94. The van der Waals surface area contributed by atoms with Crippen LogP contribution in [-0.4, -0.2) is 42.7 Å². The van der Waals surface area contributed by atoms with Gasteiger partial charge in [-0.25, -0.2) is 4.39 Å². The molecule has 0 saturated heterocycles. The van der Waals surface area contributed by atoms with Crippen LogP contribution in [-0.2, 0) is 20.7 Å². The molecular formula is C22H32FN3O3. The van der Waals surface area contributed by atoms with Crippen LogP contribution < -0.4 is 16.4 Å². The minimum absolute atomic E-state index is 0.0232. The second-order valence-electron chi connectivity index (χ2n) is 7.46. The summed E-state index contributed by atoms with van der Waals surface area (Å²) in [7, 11) is 0. The van der Waals surface area contributed by atoms with Crippen molar-refractivity contribution in [1.29, 1.82) is 0 Å². The number of nitrogens with one attached hydrogen (secondary N) is 2. The number of hydrogen-bond donors (Lipinski definition) is 3. The standard InChI is InChI=1S/C22H32FN3O3/c1-4-18(5-2)29-20-13-16(12-19(24)21(20)26-14(3)27)22(28)25-10-9-15-7-6-8-17(23)11-15/h6-8,11,13,18-21H,4-5,9-10,12,24H2,1-3H3,(H,25,28)(H,26,27)/t19-,20+,21+/m0/s1. The largest absolute Gasteiger partial charge is 0.369 e. The molecule has 0 radical (unpaired) electrons. The van der Waals surface area contributed by atoms with E-state index in [1.807, 2.05) is 19.9 Å². The molecule has 2 rings (SSSR count). The van der Waals surface area contributed by atoms with Gasteiger partial charge >= 0.3 is 0 Å². The number of ether oxygens (including phenoxy) is 1. The lowest BCUT2D eigenvalue weighted by molar-refractivity contribution is -0.121. The van der Waals surface area contributed by atoms with Crippen molar-refractivity contribution in [2.75, 3.05) is 6.54 Å². The van der Waals surface area contributed by atoms with Crippen LogP contribution in [0.3, 0.4) is 0 Å². The molecule has 6 nitrogen and oxygen atoms in total. The number of nitrogens with two attached hydrogens (primary N) is 1. The zero-order chi connectivity index (χ0) is 21.4. The van der Waals surface area contributed by atoms with E-state index in [2.05, 4.69) is 10.6 Å². The Kier molecular flexibility index (Phi) is 8.79. The molecule has 0 heterocycles. The molecule has 2 amide bonds. The van der Waals surface area contributed by atoms with Crippen LogP contribution in [0.4, 0.5) is 4.39 Å². The van der Waals surface area contributed by atoms with E-state index in [4.69, 9.17) is 10.5 Å². The van der Waals surface area contributed by atoms with E-state index in [1.54, 1.807) is 12.1 Å². The molecule has 1 aliphatic carbocycles. The van der Waals surface area contributed by atoms with Crippen molar-refractivity contribution in [3.05, 3.63) is 47.3 Å². The van der Waals surface area contributed by atoms with Gasteiger partial charge in [0.15, 0.2) is 0 Å². The quantitative estimate of drug-likeness (QED) is 0.587. The van der Waals surface area contributed by atoms with Crippen LogP contribution in [0.5, 0.6) is 0 Å². The molecule has 1 aromatic carbocycles. The molecule has 0 spiro atoms. The fourth-order valence-corrected chi connectivity index (χ4v) is 3.54. The number of hydrogen-bond acceptors (Lipinski definition) is 4. The van der Waals surface area contributed by atoms with Gasteiger partial charge in [-0.3, -0.25) is 9.59 Å². The average Bonchev–Trinajstić information content (AvgIpc) is 2.67. The van der Waals surface area contributed by atoms with Gasteiger partial charge in [0, 0.05) is 25.1 Å². The van der Waals surface area contributed by atoms with E-state index in [9.17, 15) is 14.0 Å². The third kappa shape index (κ3) is 6.94. The molecule has 0 aliphatic heterocycles. The van der Waals surface area contributed by atoms with Gasteiger partial charge < -0.3 is 21.1 Å². The Balaban J connectivity index is 2.05. The van der Waals surface area contributed by atoms with E-state index >= 15 is 0 Å². The van der Waals surface area contributed by atoms with Crippen LogP contribution in [0.25, 0.3) is 0 Å². The number of rotatable bonds is 9. The Morgan fingerprint density at radius 3 is 2.66 bits per heavy atom. The summed E-state index contributed by atoms with van der Waals surface area (Å²) in [6, 6.07) is 5.52. The Labute approximate surface area is 172 Å². The lowest BCUT2D eigenvalue weighted by atomic mass is 9.87. The van der Waals surface area contributed by atoms with E-state index in [0.29, 0.717) is 25.0 Å². The molecular weight excluding hydrogens is 373 g/mol. The first-order chi connectivity index (χ1) is 13.8. The molecule has 29 heavy (non-hydrogen) atoms. The van der Waals surface area contributed by atoms with Crippen LogP contribution >= 0.6 is 0 Å². The van der Waals surface area contributed by atoms with Gasteiger partial charge in [0.2, 0.25) is 11.8 Å². The van der Waals surface area contributed by atoms with Gasteiger partial charge in [-0.2, -0.15) is 0 Å². The second kappa shape index (κ2) is 11.1. The number of halogens is 1. The summed E-state index contributed by atoms with van der Waals surface area (Å²) in [5, 5.41) is 5.73. The lowest BCUT2D eigenvalue weighted by Gasteiger charge is -2.36. The summed E-state index contributed by atoms with van der Waals surface area (Å²) < 4.78 is 19.4. The highest BCUT2D eigenvalue weighted by Gasteiger charge is 2.35. The van der Waals surface area contributed by atoms with Crippen LogP contribution in [0.1, 0.15) is 45.6 Å². The fraction of sp³-hybridized carbons (Fsp3) is 0.545. The van der Waals surface area contributed by atoms with E-state index in [-0.39, 0.29) is 29.8 Å². The molecule has 3 atom stereocenters. The summed E-state index contributed by atoms with van der Waals surface area (Å²) in [6.45, 7) is 5.91. The van der Waals surface area contributed by atoms with Crippen molar-refractivity contribution < 1.29 is 18.7 Å². The summed E-state index contributed by atoms with van der Waals surface area (Å²) in [6.07, 6.45) is 3.88. The first-order valence-corrected chi connectivity index (χ1v) is 10.3. The Morgan fingerprint density at radius 1 is 1.31 bits per heavy atom. The van der Waals surface area contributed by atoms with Crippen LogP contribution in [0, 0.1) is 5.82 Å². The third-order valence-electron chi connectivity index (χ3n) is 5.15. The fourth-order valence-electron chi connectivity index (χ4n) is 3.54. The molecule has 4 N–H and O–H groups in total. The third-order valence-corrected chi connectivity index (χ3v) is 5.15. The maximum absolute atomic E-state index is 13.3. The molecule has 160 valence electrons. The highest BCUT2D eigenvalue weighted by Crippen LogP contribution is 2.23. The topological polar surface area (TPSA) is 93.4 Å². The first-order valence-electron chi connectivity index (χ1n) is 10.3. The number of amides is 2. The molecule has 0 saturated carbocycles. The summed E-state index contributed by atoms with van der Waals surface area (Å²) >= 11 is 0. The van der Waals surface area contributed by atoms with Crippen LogP contribution in [0.15, 0.2) is 35.9 Å². The summed E-state index contributed by atoms with van der Waals surface area (Å²) in [5.41, 5.74) is 7.65. The van der Waals surface area contributed by atoms with Crippen LogP contribution in [0.2, 0.25) is 0 Å².